The molecule has 0 amide bonds. The second-order valence-electron chi connectivity index (χ2n) is 1.55. The molecule has 1 heterocycles. The quantitative estimate of drug-likeness (QED) is 0.626. The summed E-state index contributed by atoms with van der Waals surface area (Å²) in [5.74, 6) is 0. The highest BCUT2D eigenvalue weighted by Gasteiger charge is 1.89. The lowest BCUT2D eigenvalue weighted by molar-refractivity contribution is 0.899. The molecule has 0 spiro atoms. The fraction of sp³-hybridized carbons (Fsp3) is 0.200. The molecule has 0 aromatic carbocycles. The Kier molecular flexibility index (Phi) is 1.97. The Morgan fingerprint density at radius 1 is 1.44 bits per heavy atom. The summed E-state index contributed by atoms with van der Waals surface area (Å²) in [6.45, 7) is 0.407. The third kappa shape index (κ3) is 1.62. The molecule has 0 saturated carbocycles. The molecule has 1 aromatic heterocycles. The van der Waals surface area contributed by atoms with Crippen LogP contribution in [0.25, 0.3) is 0 Å². The van der Waals surface area contributed by atoms with E-state index in [0.29, 0.717) is 11.7 Å². The summed E-state index contributed by atoms with van der Waals surface area (Å²) in [4.78, 5) is 0. The first-order valence-corrected chi connectivity index (χ1v) is 2.89. The minimum absolute atomic E-state index is 0.396. The summed E-state index contributed by atoms with van der Waals surface area (Å²) >= 11 is 5.45. The van der Waals surface area contributed by atoms with Crippen LogP contribution in [0.3, 0.4) is 0 Å². The standard InChI is InChI=1S/C5H6ClN3/c6-5-2-1-4(3-7)8-9-5/h1-2H,3,7H2. The lowest BCUT2D eigenvalue weighted by Gasteiger charge is -1.90. The molecular formula is C5H6ClN3. The normalized spacial score (nSPS) is 9.56. The summed E-state index contributed by atoms with van der Waals surface area (Å²) in [6.07, 6.45) is 0. The van der Waals surface area contributed by atoms with Gasteiger partial charge in [0.25, 0.3) is 0 Å². The van der Waals surface area contributed by atoms with Gasteiger partial charge in [0.2, 0.25) is 0 Å². The maximum atomic E-state index is 5.45. The van der Waals surface area contributed by atoms with Crippen LogP contribution in [-0.4, -0.2) is 10.2 Å². The Hall–Kier alpha value is -0.670. The average Bonchev–Trinajstić information content (AvgIpc) is 1.90. The molecule has 0 aliphatic rings. The van der Waals surface area contributed by atoms with Crippen molar-refractivity contribution in [1.29, 1.82) is 0 Å². The molecule has 0 aliphatic heterocycles. The third-order valence-electron chi connectivity index (χ3n) is 0.896. The molecule has 0 radical (unpaired) electrons. The zero-order chi connectivity index (χ0) is 6.69. The largest absolute Gasteiger partial charge is 0.325 e. The molecule has 0 saturated heterocycles. The Labute approximate surface area is 57.8 Å². The van der Waals surface area contributed by atoms with Crippen LogP contribution in [0.2, 0.25) is 5.15 Å². The smallest absolute Gasteiger partial charge is 0.151 e. The fourth-order valence-corrected chi connectivity index (χ4v) is 0.553. The highest BCUT2D eigenvalue weighted by molar-refractivity contribution is 6.29. The summed E-state index contributed by atoms with van der Waals surface area (Å²) in [5.41, 5.74) is 6.00. The van der Waals surface area contributed by atoms with Crippen LogP contribution < -0.4 is 5.73 Å². The number of hydrogen-bond donors (Lipinski definition) is 1. The van der Waals surface area contributed by atoms with Gasteiger partial charge in [-0.05, 0) is 12.1 Å². The van der Waals surface area contributed by atoms with E-state index in [1.165, 1.54) is 0 Å². The van der Waals surface area contributed by atoms with Crippen LogP contribution in [0.15, 0.2) is 12.1 Å². The maximum absolute atomic E-state index is 5.45. The summed E-state index contributed by atoms with van der Waals surface area (Å²) in [6, 6.07) is 3.41. The van der Waals surface area contributed by atoms with E-state index in [-0.39, 0.29) is 0 Å². The summed E-state index contributed by atoms with van der Waals surface area (Å²) in [7, 11) is 0. The molecule has 2 N–H and O–H groups in total. The van der Waals surface area contributed by atoms with E-state index >= 15 is 0 Å². The summed E-state index contributed by atoms with van der Waals surface area (Å²) in [5, 5.41) is 7.67. The topological polar surface area (TPSA) is 51.8 Å². The first kappa shape index (κ1) is 6.45. The zero-order valence-electron chi connectivity index (χ0n) is 4.71. The Balaban J connectivity index is 2.88. The van der Waals surface area contributed by atoms with Crippen molar-refractivity contribution >= 4 is 11.6 Å². The molecule has 1 aromatic rings. The second kappa shape index (κ2) is 2.75. The van der Waals surface area contributed by atoms with Gasteiger partial charge in [-0.25, -0.2) is 0 Å². The van der Waals surface area contributed by atoms with Gasteiger partial charge < -0.3 is 5.73 Å². The number of hydrogen-bond acceptors (Lipinski definition) is 3. The van der Waals surface area contributed by atoms with Crippen molar-refractivity contribution in [3.05, 3.63) is 23.0 Å². The second-order valence-corrected chi connectivity index (χ2v) is 1.94. The maximum Gasteiger partial charge on any atom is 0.151 e. The molecular weight excluding hydrogens is 138 g/mol. The van der Waals surface area contributed by atoms with E-state index in [1.807, 2.05) is 0 Å². The van der Waals surface area contributed by atoms with Crippen LogP contribution in [-0.2, 0) is 6.54 Å². The van der Waals surface area contributed by atoms with Crippen LogP contribution >= 0.6 is 11.6 Å². The van der Waals surface area contributed by atoms with Crippen LogP contribution in [0.1, 0.15) is 5.69 Å². The van der Waals surface area contributed by atoms with Gasteiger partial charge in [-0.3, -0.25) is 0 Å². The number of aromatic nitrogens is 2. The van der Waals surface area contributed by atoms with Crippen molar-refractivity contribution in [2.45, 2.75) is 6.54 Å². The van der Waals surface area contributed by atoms with Crippen molar-refractivity contribution in [3.8, 4) is 0 Å². The molecule has 1 rings (SSSR count). The monoisotopic (exact) mass is 143 g/mol. The Morgan fingerprint density at radius 3 is 2.67 bits per heavy atom. The van der Waals surface area contributed by atoms with Gasteiger partial charge >= 0.3 is 0 Å². The molecule has 0 aliphatic carbocycles. The van der Waals surface area contributed by atoms with Gasteiger partial charge in [0.1, 0.15) is 0 Å². The molecule has 0 fully saturated rings. The van der Waals surface area contributed by atoms with Crippen molar-refractivity contribution in [2.75, 3.05) is 0 Å². The van der Waals surface area contributed by atoms with Crippen molar-refractivity contribution < 1.29 is 0 Å². The van der Waals surface area contributed by atoms with Crippen LogP contribution in [0, 0.1) is 0 Å². The molecule has 0 atom stereocenters. The number of rotatable bonds is 1. The molecule has 9 heavy (non-hydrogen) atoms. The minimum atomic E-state index is 0.396. The predicted molar refractivity (Wildman–Crippen MR) is 34.9 cm³/mol. The summed E-state index contributed by atoms with van der Waals surface area (Å²) < 4.78 is 0. The highest BCUT2D eigenvalue weighted by atomic mass is 35.5. The first-order valence-electron chi connectivity index (χ1n) is 2.51. The lowest BCUT2D eigenvalue weighted by Crippen LogP contribution is -1.99. The van der Waals surface area contributed by atoms with Gasteiger partial charge in [-0.15, -0.1) is 5.10 Å². The number of nitrogens with two attached hydrogens (primary N) is 1. The molecule has 0 unspecified atom stereocenters. The van der Waals surface area contributed by atoms with E-state index in [1.54, 1.807) is 12.1 Å². The first-order chi connectivity index (χ1) is 4.33. The van der Waals surface area contributed by atoms with E-state index in [9.17, 15) is 0 Å². The predicted octanol–water partition coefficient (Wildman–Crippen LogP) is 0.589. The lowest BCUT2D eigenvalue weighted by atomic mass is 10.4. The van der Waals surface area contributed by atoms with Gasteiger partial charge in [0.15, 0.2) is 5.15 Å². The van der Waals surface area contributed by atoms with E-state index in [2.05, 4.69) is 10.2 Å². The van der Waals surface area contributed by atoms with Gasteiger partial charge in [-0.2, -0.15) is 5.10 Å². The van der Waals surface area contributed by atoms with E-state index in [0.717, 1.165) is 5.69 Å². The zero-order valence-corrected chi connectivity index (χ0v) is 5.47. The van der Waals surface area contributed by atoms with E-state index < -0.39 is 0 Å². The number of halogens is 1. The van der Waals surface area contributed by atoms with Crippen LogP contribution in [0.5, 0.6) is 0 Å². The van der Waals surface area contributed by atoms with Gasteiger partial charge in [0, 0.05) is 6.54 Å². The van der Waals surface area contributed by atoms with Gasteiger partial charge in [-0.1, -0.05) is 11.6 Å². The molecule has 48 valence electrons. The van der Waals surface area contributed by atoms with Crippen LogP contribution in [0.4, 0.5) is 0 Å². The number of nitrogens with zero attached hydrogens (tertiary/aromatic N) is 2. The fourth-order valence-electron chi connectivity index (χ4n) is 0.452. The van der Waals surface area contributed by atoms with E-state index in [4.69, 9.17) is 17.3 Å². The molecule has 0 bridgehead atoms. The SMILES string of the molecule is NCc1ccc(Cl)nn1. The Morgan fingerprint density at radius 2 is 2.22 bits per heavy atom. The molecule has 4 heteroatoms. The Bertz CT molecular complexity index is 184. The van der Waals surface area contributed by atoms with Crippen molar-refractivity contribution in [2.24, 2.45) is 5.73 Å². The molecule has 3 nitrogen and oxygen atoms in total. The average molecular weight is 144 g/mol. The highest BCUT2D eigenvalue weighted by Crippen LogP contribution is 2.00. The van der Waals surface area contributed by atoms with Crippen molar-refractivity contribution in [1.82, 2.24) is 10.2 Å². The third-order valence-corrected chi connectivity index (χ3v) is 1.10. The van der Waals surface area contributed by atoms with Gasteiger partial charge in [0.05, 0.1) is 5.69 Å². The minimum Gasteiger partial charge on any atom is -0.325 e. The van der Waals surface area contributed by atoms with Crippen molar-refractivity contribution in [3.63, 3.8) is 0 Å².